The fraction of sp³-hybridized carbons (Fsp3) is 0.565. The number of aromatic nitrogens is 2. The Kier molecular flexibility index (Phi) is 7.58. The van der Waals surface area contributed by atoms with Crippen LogP contribution in [0.4, 0.5) is 5.82 Å². The highest BCUT2D eigenvalue weighted by Crippen LogP contribution is 2.29. The Bertz CT molecular complexity index is 900. The van der Waals surface area contributed by atoms with Crippen molar-refractivity contribution in [2.24, 2.45) is 0 Å². The number of carbonyl (C=O) groups excluding carboxylic acids is 1. The number of ether oxygens (including phenoxy) is 1. The first kappa shape index (κ1) is 22.0. The van der Waals surface area contributed by atoms with E-state index in [2.05, 4.69) is 23.2 Å². The van der Waals surface area contributed by atoms with Gasteiger partial charge in [0.05, 0.1) is 29.3 Å². The normalized spacial score (nSPS) is 20.0. The van der Waals surface area contributed by atoms with Crippen LogP contribution in [0.1, 0.15) is 58.1 Å². The van der Waals surface area contributed by atoms with Crippen molar-refractivity contribution < 1.29 is 9.53 Å². The Balaban J connectivity index is 1.91. The monoisotopic (exact) mass is 409 g/mol. The van der Waals surface area contributed by atoms with Crippen LogP contribution in [0.3, 0.4) is 0 Å². The van der Waals surface area contributed by atoms with Crippen LogP contribution in [0.2, 0.25) is 0 Å². The van der Waals surface area contributed by atoms with Gasteiger partial charge in [0.25, 0.3) is 0 Å². The average molecular weight is 410 g/mol. The van der Waals surface area contributed by atoms with Crippen LogP contribution in [0.15, 0.2) is 24.3 Å². The van der Waals surface area contributed by atoms with E-state index in [9.17, 15) is 10.1 Å². The van der Waals surface area contributed by atoms with E-state index < -0.39 is 5.92 Å². The first-order valence-electron chi connectivity index (χ1n) is 10.9. The molecule has 1 aromatic carbocycles. The molecule has 0 aliphatic carbocycles. The maximum atomic E-state index is 12.9. The van der Waals surface area contributed by atoms with Crippen LogP contribution in [-0.2, 0) is 9.53 Å². The van der Waals surface area contributed by atoms with Crippen LogP contribution in [0, 0.1) is 11.3 Å². The largest absolute Gasteiger partial charge is 0.372 e. The number of rotatable bonds is 8. The Hall–Kier alpha value is -2.72. The van der Waals surface area contributed by atoms with Gasteiger partial charge in [-0.15, -0.1) is 0 Å². The van der Waals surface area contributed by atoms with E-state index in [1.807, 2.05) is 38.1 Å². The molecule has 2 heterocycles. The van der Waals surface area contributed by atoms with Crippen LogP contribution in [0.5, 0.6) is 0 Å². The SMILES string of the molecule is CCCCCCNC(=O)[C@@H](C#N)c1nc2ccccc2nc1N1C[C@@H](C)O[C@@H](C)C1. The topological polar surface area (TPSA) is 91.1 Å². The quantitative estimate of drug-likeness (QED) is 0.671. The average Bonchev–Trinajstić information content (AvgIpc) is 2.73. The van der Waals surface area contributed by atoms with Crippen molar-refractivity contribution >= 4 is 22.8 Å². The highest BCUT2D eigenvalue weighted by molar-refractivity contribution is 5.88. The van der Waals surface area contributed by atoms with E-state index in [0.29, 0.717) is 36.7 Å². The summed E-state index contributed by atoms with van der Waals surface area (Å²) < 4.78 is 5.85. The molecule has 0 radical (unpaired) electrons. The van der Waals surface area contributed by atoms with Gasteiger partial charge in [-0.3, -0.25) is 4.79 Å². The highest BCUT2D eigenvalue weighted by Gasteiger charge is 2.31. The van der Waals surface area contributed by atoms with Gasteiger partial charge in [0.2, 0.25) is 5.91 Å². The number of unbranched alkanes of at least 4 members (excludes halogenated alkanes) is 3. The summed E-state index contributed by atoms with van der Waals surface area (Å²) in [5.41, 5.74) is 1.85. The lowest BCUT2D eigenvalue weighted by Crippen LogP contribution is -2.46. The van der Waals surface area contributed by atoms with Gasteiger partial charge in [-0.2, -0.15) is 5.26 Å². The molecule has 0 bridgehead atoms. The molecule has 0 spiro atoms. The van der Waals surface area contributed by atoms with Gasteiger partial charge >= 0.3 is 0 Å². The summed E-state index contributed by atoms with van der Waals surface area (Å²) in [6.45, 7) is 8.03. The van der Waals surface area contributed by atoms with Gasteiger partial charge in [-0.05, 0) is 32.4 Å². The fourth-order valence-corrected chi connectivity index (χ4v) is 3.89. The minimum atomic E-state index is -1.00. The molecule has 30 heavy (non-hydrogen) atoms. The number of para-hydroxylation sites is 2. The number of nitrogens with one attached hydrogen (secondary N) is 1. The lowest BCUT2D eigenvalue weighted by atomic mass is 10.0. The molecule has 1 saturated heterocycles. The van der Waals surface area contributed by atoms with E-state index in [-0.39, 0.29) is 18.1 Å². The number of nitrogens with zero attached hydrogens (tertiary/aromatic N) is 4. The Morgan fingerprint density at radius 2 is 1.87 bits per heavy atom. The second-order valence-electron chi connectivity index (χ2n) is 8.00. The van der Waals surface area contributed by atoms with Crippen molar-refractivity contribution in [1.29, 1.82) is 5.26 Å². The standard InChI is InChI=1S/C23H31N5O2/c1-4-5-6-9-12-25-23(29)18(13-24)21-22(28-14-16(2)30-17(3)15-28)27-20-11-8-7-10-19(20)26-21/h7-8,10-11,16-18H,4-6,9,12,14-15H2,1-3H3,(H,25,29)/t16-,17+,18-/m0/s1. The van der Waals surface area contributed by atoms with E-state index in [4.69, 9.17) is 14.7 Å². The molecular formula is C23H31N5O2. The van der Waals surface area contributed by atoms with Crippen LogP contribution in [0.25, 0.3) is 11.0 Å². The van der Waals surface area contributed by atoms with E-state index in [1.165, 1.54) is 0 Å². The molecule has 2 aromatic rings. The molecule has 1 aromatic heterocycles. The maximum absolute atomic E-state index is 12.9. The second kappa shape index (κ2) is 10.4. The lowest BCUT2D eigenvalue weighted by Gasteiger charge is -2.37. The summed E-state index contributed by atoms with van der Waals surface area (Å²) in [6, 6.07) is 9.72. The molecule has 0 saturated carbocycles. The molecule has 1 amide bonds. The third-order valence-corrected chi connectivity index (χ3v) is 5.29. The maximum Gasteiger partial charge on any atom is 0.243 e. The van der Waals surface area contributed by atoms with E-state index in [0.717, 1.165) is 31.2 Å². The Morgan fingerprint density at radius 3 is 2.50 bits per heavy atom. The van der Waals surface area contributed by atoms with Gasteiger partial charge in [0.1, 0.15) is 5.69 Å². The molecule has 1 fully saturated rings. The summed E-state index contributed by atoms with van der Waals surface area (Å²) >= 11 is 0. The lowest BCUT2D eigenvalue weighted by molar-refractivity contribution is -0.121. The molecule has 1 aliphatic rings. The number of morpholine rings is 1. The van der Waals surface area contributed by atoms with Gasteiger partial charge in [0, 0.05) is 19.6 Å². The summed E-state index contributed by atoms with van der Waals surface area (Å²) in [4.78, 5) is 24.5. The zero-order chi connectivity index (χ0) is 21.5. The minimum absolute atomic E-state index is 0.0304. The third kappa shape index (κ3) is 5.25. The molecule has 1 aliphatic heterocycles. The molecule has 160 valence electrons. The molecular weight excluding hydrogens is 378 g/mol. The number of carbonyl (C=O) groups is 1. The summed E-state index contributed by atoms with van der Waals surface area (Å²) in [5.74, 6) is -0.714. The van der Waals surface area contributed by atoms with Crippen LogP contribution < -0.4 is 10.2 Å². The van der Waals surface area contributed by atoms with Crippen molar-refractivity contribution in [2.75, 3.05) is 24.5 Å². The van der Waals surface area contributed by atoms with E-state index >= 15 is 0 Å². The van der Waals surface area contributed by atoms with Gasteiger partial charge < -0.3 is 15.0 Å². The summed E-state index contributed by atoms with van der Waals surface area (Å²) in [6.07, 6.45) is 4.32. The first-order valence-corrected chi connectivity index (χ1v) is 10.9. The molecule has 0 unspecified atom stereocenters. The highest BCUT2D eigenvalue weighted by atomic mass is 16.5. The smallest absolute Gasteiger partial charge is 0.243 e. The van der Waals surface area contributed by atoms with Gasteiger partial charge in [0.15, 0.2) is 11.7 Å². The number of benzene rings is 1. The van der Waals surface area contributed by atoms with Crippen molar-refractivity contribution in [1.82, 2.24) is 15.3 Å². The summed E-state index contributed by atoms with van der Waals surface area (Å²) in [7, 11) is 0. The predicted molar refractivity (Wildman–Crippen MR) is 117 cm³/mol. The van der Waals surface area contributed by atoms with Crippen LogP contribution >= 0.6 is 0 Å². The Morgan fingerprint density at radius 1 is 1.20 bits per heavy atom. The van der Waals surface area contributed by atoms with Crippen molar-refractivity contribution in [3.05, 3.63) is 30.0 Å². The van der Waals surface area contributed by atoms with Gasteiger partial charge in [-0.1, -0.05) is 38.3 Å². The van der Waals surface area contributed by atoms with Crippen molar-refractivity contribution in [2.45, 2.75) is 64.6 Å². The fourth-order valence-electron chi connectivity index (χ4n) is 3.89. The zero-order valence-electron chi connectivity index (χ0n) is 18.1. The van der Waals surface area contributed by atoms with Gasteiger partial charge in [-0.25, -0.2) is 9.97 Å². The molecule has 1 N–H and O–H groups in total. The molecule has 3 atom stereocenters. The van der Waals surface area contributed by atoms with Crippen molar-refractivity contribution in [3.8, 4) is 6.07 Å². The first-order chi connectivity index (χ1) is 14.5. The number of nitriles is 1. The number of hydrogen-bond acceptors (Lipinski definition) is 6. The van der Waals surface area contributed by atoms with Crippen LogP contribution in [-0.4, -0.2) is 47.7 Å². The minimum Gasteiger partial charge on any atom is -0.372 e. The number of fused-ring (bicyclic) bond motifs is 1. The zero-order valence-corrected chi connectivity index (χ0v) is 18.1. The number of amides is 1. The second-order valence-corrected chi connectivity index (χ2v) is 8.00. The number of hydrogen-bond donors (Lipinski definition) is 1. The third-order valence-electron chi connectivity index (χ3n) is 5.29. The number of anilines is 1. The molecule has 7 nitrogen and oxygen atoms in total. The Labute approximate surface area is 178 Å². The van der Waals surface area contributed by atoms with Crippen molar-refractivity contribution in [3.63, 3.8) is 0 Å². The molecule has 7 heteroatoms. The molecule has 3 rings (SSSR count). The predicted octanol–water partition coefficient (Wildman–Crippen LogP) is 3.55. The van der Waals surface area contributed by atoms with E-state index in [1.54, 1.807) is 0 Å². The summed E-state index contributed by atoms with van der Waals surface area (Å²) in [5, 5.41) is 12.8.